The summed E-state index contributed by atoms with van der Waals surface area (Å²) >= 11 is 0. The molecule has 0 heteroatoms. The molecule has 0 heterocycles. The van der Waals surface area contributed by atoms with Crippen molar-refractivity contribution in [3.05, 3.63) is 18.4 Å². The smallest absolute Gasteiger partial charge is 0.0275 e. The van der Waals surface area contributed by atoms with Crippen LogP contribution in [0.15, 0.2) is 18.4 Å². The molecule has 0 spiro atoms. The number of rotatable bonds is 12. The zero-order valence-corrected chi connectivity index (χ0v) is 12.1. The summed E-state index contributed by atoms with van der Waals surface area (Å²) in [5.41, 5.74) is 2.85. The van der Waals surface area contributed by atoms with Gasteiger partial charge < -0.3 is 0 Å². The maximum absolute atomic E-state index is 3.59. The van der Waals surface area contributed by atoms with Gasteiger partial charge in [-0.1, -0.05) is 78.2 Å². The predicted octanol–water partition coefficient (Wildman–Crippen LogP) is 6.27. The highest BCUT2D eigenvalue weighted by Gasteiger charge is 2.05. The average Bonchev–Trinajstić information content (AvgIpc) is 2.36. The van der Waals surface area contributed by atoms with Crippen molar-refractivity contribution in [1.82, 2.24) is 0 Å². The topological polar surface area (TPSA) is 0 Å². The molecule has 0 aromatic carbocycles. The predicted molar refractivity (Wildman–Crippen MR) is 79.3 cm³/mol. The minimum Gasteiger partial charge on any atom is -0.133 e. The van der Waals surface area contributed by atoms with Crippen molar-refractivity contribution >= 4 is 0 Å². The lowest BCUT2D eigenvalue weighted by atomic mass is 9.92. The lowest BCUT2D eigenvalue weighted by Gasteiger charge is -2.14. The van der Waals surface area contributed by atoms with Gasteiger partial charge in [0.15, 0.2) is 0 Å². The highest BCUT2D eigenvalue weighted by molar-refractivity contribution is 4.75. The third kappa shape index (κ3) is 11.8. The second-order valence-electron chi connectivity index (χ2n) is 5.17. The van der Waals surface area contributed by atoms with Crippen LogP contribution < -0.4 is 0 Å². The van der Waals surface area contributed by atoms with E-state index in [1.54, 1.807) is 0 Å². The first-order valence-corrected chi connectivity index (χ1v) is 7.69. The molecule has 0 N–H and O–H groups in total. The molecule has 100 valence electrons. The van der Waals surface area contributed by atoms with E-state index in [-0.39, 0.29) is 0 Å². The maximum Gasteiger partial charge on any atom is -0.0275 e. The Labute approximate surface area is 109 Å². The van der Waals surface area contributed by atoms with E-state index in [9.17, 15) is 0 Å². The Kier molecular flexibility index (Phi) is 13.2. The van der Waals surface area contributed by atoms with Gasteiger partial charge in [0.1, 0.15) is 0 Å². The second-order valence-corrected chi connectivity index (χ2v) is 5.17. The van der Waals surface area contributed by atoms with Crippen LogP contribution in [0.4, 0.5) is 0 Å². The molecule has 1 unspecified atom stereocenters. The summed E-state index contributed by atoms with van der Waals surface area (Å²) in [5.74, 6) is 0.976. The normalized spacial score (nSPS) is 12.1. The molecule has 0 saturated carbocycles. The van der Waals surface area contributed by atoms with Crippen LogP contribution in [-0.4, -0.2) is 0 Å². The fourth-order valence-corrected chi connectivity index (χ4v) is 2.37. The molecule has 0 amide bonds. The van der Waals surface area contributed by atoms with Crippen LogP contribution >= 0.6 is 0 Å². The summed E-state index contributed by atoms with van der Waals surface area (Å²) < 4.78 is 0. The van der Waals surface area contributed by atoms with E-state index in [2.05, 4.69) is 32.2 Å². The molecule has 0 aromatic rings. The molecule has 0 aliphatic rings. The summed E-state index contributed by atoms with van der Waals surface area (Å²) in [6, 6.07) is 0. The molecular formula is C17H32. The number of unbranched alkanes of at least 4 members (excludes halogenated alkanes) is 6. The van der Waals surface area contributed by atoms with Crippen molar-refractivity contribution in [1.29, 1.82) is 0 Å². The van der Waals surface area contributed by atoms with Gasteiger partial charge in [0, 0.05) is 0 Å². The molecule has 0 aliphatic carbocycles. The third-order valence-electron chi connectivity index (χ3n) is 3.65. The van der Waals surface area contributed by atoms with E-state index in [4.69, 9.17) is 0 Å². The van der Waals surface area contributed by atoms with Gasteiger partial charge in [-0.2, -0.15) is 0 Å². The van der Waals surface area contributed by atoms with E-state index in [1.807, 2.05) is 0 Å². The molecule has 0 rings (SSSR count). The molecular weight excluding hydrogens is 204 g/mol. The lowest BCUT2D eigenvalue weighted by molar-refractivity contribution is 0.398. The highest BCUT2D eigenvalue weighted by atomic mass is 14.1. The third-order valence-corrected chi connectivity index (χ3v) is 3.65. The van der Waals surface area contributed by atoms with Crippen LogP contribution in [0.25, 0.3) is 0 Å². The van der Waals surface area contributed by atoms with Crippen molar-refractivity contribution in [2.24, 2.45) is 5.92 Å². The van der Waals surface area contributed by atoms with E-state index < -0.39 is 0 Å². The first kappa shape index (κ1) is 16.5. The molecule has 0 aliphatic heterocycles. The number of allylic oxidation sites excluding steroid dienone is 1. The van der Waals surface area contributed by atoms with E-state index in [0.29, 0.717) is 0 Å². The van der Waals surface area contributed by atoms with Gasteiger partial charge >= 0.3 is 0 Å². The fraction of sp³-hybridized carbons (Fsp3) is 0.824. The zero-order valence-electron chi connectivity index (χ0n) is 12.1. The van der Waals surface area contributed by atoms with E-state index in [1.165, 1.54) is 64.2 Å². The quantitative estimate of drug-likeness (QED) is 0.276. The molecule has 0 radical (unpaired) electrons. The van der Waals surface area contributed by atoms with Crippen molar-refractivity contribution in [2.45, 2.75) is 84.5 Å². The average molecular weight is 236 g/mol. The van der Waals surface area contributed by atoms with Crippen LogP contribution in [0, 0.1) is 5.92 Å². The van der Waals surface area contributed by atoms with Gasteiger partial charge in [0.25, 0.3) is 0 Å². The van der Waals surface area contributed by atoms with Gasteiger partial charge in [0.2, 0.25) is 0 Å². The second kappa shape index (κ2) is 13.6. The maximum atomic E-state index is 3.59. The molecule has 0 saturated heterocycles. The summed E-state index contributed by atoms with van der Waals surface area (Å²) in [7, 11) is 0. The Morgan fingerprint density at radius 2 is 1.59 bits per heavy atom. The van der Waals surface area contributed by atoms with Crippen molar-refractivity contribution in [3.8, 4) is 0 Å². The van der Waals surface area contributed by atoms with Gasteiger partial charge in [-0.15, -0.1) is 5.73 Å². The van der Waals surface area contributed by atoms with Crippen LogP contribution in [-0.2, 0) is 0 Å². The van der Waals surface area contributed by atoms with Gasteiger partial charge in [-0.25, -0.2) is 0 Å². The Hall–Kier alpha value is -0.480. The van der Waals surface area contributed by atoms with Gasteiger partial charge in [0.05, 0.1) is 0 Å². The Morgan fingerprint density at radius 3 is 2.18 bits per heavy atom. The van der Waals surface area contributed by atoms with Crippen LogP contribution in [0.5, 0.6) is 0 Å². The van der Waals surface area contributed by atoms with E-state index >= 15 is 0 Å². The van der Waals surface area contributed by atoms with Crippen molar-refractivity contribution in [3.63, 3.8) is 0 Å². The minimum absolute atomic E-state index is 0.976. The number of hydrogen-bond donors (Lipinski definition) is 0. The highest BCUT2D eigenvalue weighted by Crippen LogP contribution is 2.20. The number of hydrogen-bond acceptors (Lipinski definition) is 0. The first-order valence-electron chi connectivity index (χ1n) is 7.69. The molecule has 0 nitrogen and oxygen atoms in total. The lowest BCUT2D eigenvalue weighted by Crippen LogP contribution is -1.99. The molecule has 0 fully saturated rings. The van der Waals surface area contributed by atoms with Crippen molar-refractivity contribution < 1.29 is 0 Å². The van der Waals surface area contributed by atoms with Crippen LogP contribution in [0.3, 0.4) is 0 Å². The summed E-state index contributed by atoms with van der Waals surface area (Å²) in [5, 5.41) is 0. The Morgan fingerprint density at radius 1 is 0.941 bits per heavy atom. The Bertz CT molecular complexity index is 186. The molecule has 0 aromatic heterocycles. The summed E-state index contributed by atoms with van der Waals surface area (Å²) in [6.45, 7) is 8.23. The van der Waals surface area contributed by atoms with Gasteiger partial charge in [-0.3, -0.25) is 0 Å². The summed E-state index contributed by atoms with van der Waals surface area (Å²) in [4.78, 5) is 0. The fourth-order valence-electron chi connectivity index (χ4n) is 2.37. The monoisotopic (exact) mass is 236 g/mol. The Balaban J connectivity index is 3.38. The minimum atomic E-state index is 0.976. The van der Waals surface area contributed by atoms with Crippen LogP contribution in [0.1, 0.15) is 84.5 Å². The zero-order chi connectivity index (χ0) is 12.8. The largest absolute Gasteiger partial charge is 0.133 e. The molecule has 17 heavy (non-hydrogen) atoms. The molecule has 0 bridgehead atoms. The van der Waals surface area contributed by atoms with Gasteiger partial charge in [-0.05, 0) is 24.8 Å². The van der Waals surface area contributed by atoms with Crippen molar-refractivity contribution in [2.75, 3.05) is 0 Å². The van der Waals surface area contributed by atoms with E-state index in [0.717, 1.165) is 12.3 Å². The SMILES string of the molecule is C=C=CCCCCC(CC)CCCCCCC. The first-order chi connectivity index (χ1) is 8.35. The van der Waals surface area contributed by atoms with Crippen LogP contribution in [0.2, 0.25) is 0 Å². The molecule has 1 atom stereocenters. The summed E-state index contributed by atoms with van der Waals surface area (Å²) in [6.07, 6.45) is 17.3. The standard InChI is InChI=1S/C17H32/c1-4-7-9-11-13-15-17(6-3)16-14-12-10-8-5-2/h7,17H,1,5-6,8-16H2,2-3H3.